The van der Waals surface area contributed by atoms with Gasteiger partial charge in [0.25, 0.3) is 0 Å². The van der Waals surface area contributed by atoms with E-state index >= 15 is 0 Å². The van der Waals surface area contributed by atoms with Crippen molar-refractivity contribution in [2.75, 3.05) is 0 Å². The van der Waals surface area contributed by atoms with Crippen molar-refractivity contribution in [3.05, 3.63) is 60.3 Å². The van der Waals surface area contributed by atoms with Gasteiger partial charge in [0.15, 0.2) is 0 Å². The monoisotopic (exact) mass is 267 g/mol. The summed E-state index contributed by atoms with van der Waals surface area (Å²) < 4.78 is 0. The molecule has 0 aliphatic carbocycles. The van der Waals surface area contributed by atoms with E-state index in [-0.39, 0.29) is 29.6 Å². The zero-order valence-corrected chi connectivity index (χ0v) is 12.8. The van der Waals surface area contributed by atoms with Gasteiger partial charge >= 0.3 is 29.6 Å². The van der Waals surface area contributed by atoms with Crippen molar-refractivity contribution < 1.29 is 39.5 Å². The fourth-order valence-electron chi connectivity index (χ4n) is 1.42. The van der Waals surface area contributed by atoms with Gasteiger partial charge in [-0.1, -0.05) is 48.2 Å². The molecule has 1 atom stereocenters. The second kappa shape index (κ2) is 7.59. The number of carbonyl (C=O) groups excluding carboxylic acids is 1. The first-order chi connectivity index (χ1) is 8.27. The number of thioether (sulfide) groups is 1. The van der Waals surface area contributed by atoms with Gasteiger partial charge < -0.3 is 9.90 Å². The van der Waals surface area contributed by atoms with E-state index in [1.54, 1.807) is 30.5 Å². The summed E-state index contributed by atoms with van der Waals surface area (Å²) in [4.78, 5) is 15.2. The topological polar surface area (TPSA) is 53.0 Å². The molecule has 0 aliphatic rings. The summed E-state index contributed by atoms with van der Waals surface area (Å²) in [5, 5.41) is 11.1. The van der Waals surface area contributed by atoms with E-state index in [1.165, 1.54) is 11.8 Å². The number of aromatic nitrogens is 1. The Bertz CT molecular complexity index is 493. The summed E-state index contributed by atoms with van der Waals surface area (Å²) >= 11 is 1.18. The zero-order chi connectivity index (χ0) is 12.1. The van der Waals surface area contributed by atoms with Crippen molar-refractivity contribution in [3.63, 3.8) is 0 Å². The standard InChI is InChI=1S/C13H11NO2S.Na/c15-13(16)12(10-6-2-1-3-7-10)17-11-8-4-5-9-14-11;/h1-9,12H,(H,15,16);/q;+1/p-1. The molecule has 86 valence electrons. The zero-order valence-electron chi connectivity index (χ0n) is 9.95. The van der Waals surface area contributed by atoms with Crippen molar-refractivity contribution in [3.8, 4) is 0 Å². The predicted octanol–water partition coefficient (Wildman–Crippen LogP) is -1.33. The van der Waals surface area contributed by atoms with Crippen molar-refractivity contribution in [2.45, 2.75) is 10.3 Å². The van der Waals surface area contributed by atoms with Crippen LogP contribution in [0.2, 0.25) is 0 Å². The number of benzene rings is 1. The number of hydrogen-bond donors (Lipinski definition) is 0. The number of rotatable bonds is 4. The molecule has 2 rings (SSSR count). The Morgan fingerprint density at radius 2 is 1.78 bits per heavy atom. The van der Waals surface area contributed by atoms with Crippen LogP contribution in [0.25, 0.3) is 0 Å². The first kappa shape index (κ1) is 15.2. The van der Waals surface area contributed by atoms with Gasteiger partial charge in [-0.05, 0) is 17.7 Å². The number of carbonyl (C=O) groups is 1. The number of carboxylic acid groups (broad SMARTS) is 1. The second-order valence-corrected chi connectivity index (χ2v) is 4.52. The van der Waals surface area contributed by atoms with E-state index in [9.17, 15) is 9.90 Å². The summed E-state index contributed by atoms with van der Waals surface area (Å²) in [7, 11) is 0. The third-order valence-corrected chi connectivity index (χ3v) is 3.38. The Balaban J connectivity index is 0.00000162. The maximum Gasteiger partial charge on any atom is 1.00 e. The Morgan fingerprint density at radius 3 is 2.33 bits per heavy atom. The molecule has 1 aromatic heterocycles. The number of carboxylic acids is 1. The van der Waals surface area contributed by atoms with Crippen molar-refractivity contribution in [1.82, 2.24) is 4.98 Å². The second-order valence-electron chi connectivity index (χ2n) is 3.40. The molecule has 0 N–H and O–H groups in total. The Hall–Kier alpha value is -0.810. The molecular formula is C13H10NNaO2S. The van der Waals surface area contributed by atoms with Crippen LogP contribution in [-0.4, -0.2) is 11.0 Å². The van der Waals surface area contributed by atoms with E-state index < -0.39 is 11.2 Å². The third-order valence-electron chi connectivity index (χ3n) is 2.19. The van der Waals surface area contributed by atoms with Gasteiger partial charge in [-0.2, -0.15) is 0 Å². The summed E-state index contributed by atoms with van der Waals surface area (Å²) in [6.07, 6.45) is 1.64. The molecule has 0 fully saturated rings. The van der Waals surface area contributed by atoms with Crippen LogP contribution in [0.3, 0.4) is 0 Å². The molecule has 1 heterocycles. The predicted molar refractivity (Wildman–Crippen MR) is 64.3 cm³/mol. The van der Waals surface area contributed by atoms with Gasteiger partial charge in [-0.15, -0.1) is 0 Å². The molecule has 0 bridgehead atoms. The fourth-order valence-corrected chi connectivity index (χ4v) is 2.33. The Morgan fingerprint density at radius 1 is 1.11 bits per heavy atom. The average molecular weight is 267 g/mol. The summed E-state index contributed by atoms with van der Waals surface area (Å²) in [6, 6.07) is 14.4. The molecule has 18 heavy (non-hydrogen) atoms. The van der Waals surface area contributed by atoms with E-state index in [4.69, 9.17) is 0 Å². The van der Waals surface area contributed by atoms with Gasteiger partial charge in [-0.25, -0.2) is 4.98 Å². The Labute approximate surface area is 132 Å². The molecule has 3 nitrogen and oxygen atoms in total. The maximum absolute atomic E-state index is 11.1. The van der Waals surface area contributed by atoms with Gasteiger partial charge in [0.2, 0.25) is 0 Å². The number of aliphatic carboxylic acids is 1. The minimum atomic E-state index is -1.10. The normalized spacial score (nSPS) is 11.3. The number of pyridine rings is 1. The molecule has 0 spiro atoms. The van der Waals surface area contributed by atoms with Crippen LogP contribution in [0.5, 0.6) is 0 Å². The molecule has 0 saturated heterocycles. The van der Waals surface area contributed by atoms with Gasteiger partial charge in [0, 0.05) is 6.20 Å². The SMILES string of the molecule is O=C([O-])C(Sc1ccccn1)c1ccccc1.[Na+]. The Kier molecular flexibility index (Phi) is 6.43. The third kappa shape index (κ3) is 4.14. The fraction of sp³-hybridized carbons (Fsp3) is 0.0769. The molecular weight excluding hydrogens is 257 g/mol. The van der Waals surface area contributed by atoms with Crippen LogP contribution in [0.4, 0.5) is 0 Å². The van der Waals surface area contributed by atoms with Crippen LogP contribution in [-0.2, 0) is 4.79 Å². The minimum Gasteiger partial charge on any atom is -0.549 e. The number of nitrogens with zero attached hydrogens (tertiary/aromatic N) is 1. The summed E-state index contributed by atoms with van der Waals surface area (Å²) in [5.41, 5.74) is 0.711. The molecule has 1 aromatic carbocycles. The average Bonchev–Trinajstić information content (AvgIpc) is 2.38. The molecule has 5 heteroatoms. The van der Waals surface area contributed by atoms with Crippen molar-refractivity contribution >= 4 is 17.7 Å². The quantitative estimate of drug-likeness (QED) is 0.509. The smallest absolute Gasteiger partial charge is 0.549 e. The molecule has 0 aliphatic heterocycles. The number of hydrogen-bond acceptors (Lipinski definition) is 4. The largest absolute Gasteiger partial charge is 1.00 e. The van der Waals surface area contributed by atoms with Crippen LogP contribution in [0, 0.1) is 0 Å². The van der Waals surface area contributed by atoms with Gasteiger partial charge in [0.1, 0.15) is 0 Å². The van der Waals surface area contributed by atoms with Crippen LogP contribution >= 0.6 is 11.8 Å². The van der Waals surface area contributed by atoms with E-state index in [0.29, 0.717) is 10.6 Å². The van der Waals surface area contributed by atoms with E-state index in [1.807, 2.05) is 24.3 Å². The summed E-state index contributed by atoms with van der Waals surface area (Å²) in [5.74, 6) is -1.10. The first-order valence-corrected chi connectivity index (χ1v) is 5.99. The molecule has 0 saturated carbocycles. The maximum atomic E-state index is 11.1. The van der Waals surface area contributed by atoms with Crippen LogP contribution < -0.4 is 34.7 Å². The molecule has 1 unspecified atom stereocenters. The van der Waals surface area contributed by atoms with Crippen LogP contribution in [0.1, 0.15) is 10.8 Å². The van der Waals surface area contributed by atoms with E-state index in [2.05, 4.69) is 4.98 Å². The minimum absolute atomic E-state index is 0. The molecule has 0 radical (unpaired) electrons. The van der Waals surface area contributed by atoms with Crippen molar-refractivity contribution in [2.24, 2.45) is 0 Å². The van der Waals surface area contributed by atoms with Crippen molar-refractivity contribution in [1.29, 1.82) is 0 Å². The van der Waals surface area contributed by atoms with Crippen LogP contribution in [0.15, 0.2) is 59.8 Å². The molecule has 0 amide bonds. The first-order valence-electron chi connectivity index (χ1n) is 5.11. The molecule has 2 aromatic rings. The summed E-state index contributed by atoms with van der Waals surface area (Å²) in [6.45, 7) is 0. The van der Waals surface area contributed by atoms with Gasteiger partial charge in [-0.3, -0.25) is 0 Å². The van der Waals surface area contributed by atoms with Gasteiger partial charge in [0.05, 0.1) is 16.2 Å². The van der Waals surface area contributed by atoms with E-state index in [0.717, 1.165) is 0 Å².